The van der Waals surface area contributed by atoms with Crippen LogP contribution in [0.4, 0.5) is 0 Å². The Kier molecular flexibility index (Phi) is 2.09. The third-order valence-corrected chi connectivity index (χ3v) is 2.54. The lowest BCUT2D eigenvalue weighted by Gasteiger charge is -2.09. The van der Waals surface area contributed by atoms with Crippen molar-refractivity contribution in [1.29, 1.82) is 0 Å². The van der Waals surface area contributed by atoms with Crippen LogP contribution in [0.25, 0.3) is 0 Å². The van der Waals surface area contributed by atoms with Crippen LogP contribution in [0.1, 0.15) is 18.2 Å². The summed E-state index contributed by atoms with van der Waals surface area (Å²) in [5, 5.41) is 7.63. The first-order chi connectivity index (χ1) is 6.20. The van der Waals surface area contributed by atoms with E-state index in [2.05, 4.69) is 10.4 Å². The van der Waals surface area contributed by atoms with E-state index >= 15 is 0 Å². The molecule has 13 heavy (non-hydrogen) atoms. The van der Waals surface area contributed by atoms with Crippen molar-refractivity contribution in [3.8, 4) is 0 Å². The summed E-state index contributed by atoms with van der Waals surface area (Å²) in [6.07, 6.45) is 2.14. The number of ketones is 1. The summed E-state index contributed by atoms with van der Waals surface area (Å²) in [7, 11) is 1.79. The largest absolute Gasteiger partial charge is 0.302 e. The smallest absolute Gasteiger partial charge is 0.157 e. The Morgan fingerprint density at radius 1 is 1.77 bits per heavy atom. The molecule has 1 aliphatic rings. The number of halogens is 1. The molecule has 1 N–H and O–H groups in total. The number of rotatable bonds is 1. The molecule has 2 heterocycles. The fourth-order valence-corrected chi connectivity index (χ4v) is 1.87. The quantitative estimate of drug-likeness (QED) is 0.724. The number of carbonyl (C=O) groups is 1. The van der Waals surface area contributed by atoms with Gasteiger partial charge in [-0.05, 0) is 0 Å². The monoisotopic (exact) mass is 199 g/mol. The summed E-state index contributed by atoms with van der Waals surface area (Å²) >= 11 is 5.91. The lowest BCUT2D eigenvalue weighted by molar-refractivity contribution is -0.118. The number of hydrogen-bond donors (Lipinski definition) is 1. The summed E-state index contributed by atoms with van der Waals surface area (Å²) in [4.78, 5) is 11.4. The van der Waals surface area contributed by atoms with Gasteiger partial charge in [0, 0.05) is 20.0 Å². The highest BCUT2D eigenvalue weighted by Gasteiger charge is 2.29. The van der Waals surface area contributed by atoms with E-state index in [1.807, 2.05) is 0 Å². The fraction of sp³-hybridized carbons (Fsp3) is 0.500. The van der Waals surface area contributed by atoms with Crippen LogP contribution in [0.15, 0.2) is 6.20 Å². The van der Waals surface area contributed by atoms with Gasteiger partial charge < -0.3 is 5.32 Å². The molecule has 0 radical (unpaired) electrons. The van der Waals surface area contributed by atoms with Crippen molar-refractivity contribution in [3.05, 3.63) is 16.9 Å². The zero-order valence-corrected chi connectivity index (χ0v) is 8.01. The average molecular weight is 200 g/mol. The molecule has 1 unspecified atom stereocenters. The SMILES string of the molecule is Cn1ncc(Cl)c1C1NCCC1=O. The topological polar surface area (TPSA) is 46.9 Å². The van der Waals surface area contributed by atoms with Crippen molar-refractivity contribution in [2.45, 2.75) is 12.5 Å². The minimum absolute atomic E-state index is 0.186. The van der Waals surface area contributed by atoms with Gasteiger partial charge in [0.15, 0.2) is 5.78 Å². The van der Waals surface area contributed by atoms with E-state index in [1.54, 1.807) is 17.9 Å². The first-order valence-corrected chi connectivity index (χ1v) is 4.51. The van der Waals surface area contributed by atoms with Gasteiger partial charge in [0.25, 0.3) is 0 Å². The van der Waals surface area contributed by atoms with E-state index in [-0.39, 0.29) is 11.8 Å². The highest BCUT2D eigenvalue weighted by molar-refractivity contribution is 6.31. The zero-order valence-electron chi connectivity index (χ0n) is 7.25. The van der Waals surface area contributed by atoms with Gasteiger partial charge in [-0.3, -0.25) is 9.48 Å². The lowest BCUT2D eigenvalue weighted by atomic mass is 10.1. The van der Waals surface area contributed by atoms with E-state index in [1.165, 1.54) is 0 Å². The number of aromatic nitrogens is 2. The second-order valence-electron chi connectivity index (χ2n) is 3.10. The predicted octanol–water partition coefficient (Wildman–Crippen LogP) is 0.677. The average Bonchev–Trinajstić information content (AvgIpc) is 2.60. The minimum Gasteiger partial charge on any atom is -0.302 e. The molecule has 1 fully saturated rings. The number of carbonyl (C=O) groups excluding carboxylic acids is 1. The van der Waals surface area contributed by atoms with Gasteiger partial charge in [-0.15, -0.1) is 0 Å². The lowest BCUT2D eigenvalue weighted by Crippen LogP contribution is -2.21. The van der Waals surface area contributed by atoms with Crippen LogP contribution in [-0.4, -0.2) is 22.1 Å². The van der Waals surface area contributed by atoms with Gasteiger partial charge in [0.2, 0.25) is 0 Å². The standard InChI is InChI=1S/C8H10ClN3O/c1-12-8(5(9)4-11-12)7-6(13)2-3-10-7/h4,7,10H,2-3H2,1H3. The third-order valence-electron chi connectivity index (χ3n) is 2.25. The molecule has 1 saturated heterocycles. The van der Waals surface area contributed by atoms with E-state index in [0.717, 1.165) is 12.2 Å². The number of hydrogen-bond acceptors (Lipinski definition) is 3. The summed E-state index contributed by atoms with van der Waals surface area (Å²) in [5.41, 5.74) is 0.768. The van der Waals surface area contributed by atoms with Crippen LogP contribution >= 0.6 is 11.6 Å². The van der Waals surface area contributed by atoms with Crippen molar-refractivity contribution in [3.63, 3.8) is 0 Å². The van der Waals surface area contributed by atoms with Crippen LogP contribution < -0.4 is 5.32 Å². The molecule has 0 aromatic carbocycles. The second kappa shape index (κ2) is 3.12. The molecule has 1 atom stereocenters. The molecule has 1 aromatic rings. The van der Waals surface area contributed by atoms with E-state index in [4.69, 9.17) is 11.6 Å². The number of aryl methyl sites for hydroxylation is 1. The number of nitrogens with zero attached hydrogens (tertiary/aromatic N) is 2. The van der Waals surface area contributed by atoms with E-state index in [0.29, 0.717) is 11.4 Å². The highest BCUT2D eigenvalue weighted by atomic mass is 35.5. The zero-order chi connectivity index (χ0) is 9.42. The molecular weight excluding hydrogens is 190 g/mol. The normalized spacial score (nSPS) is 22.6. The minimum atomic E-state index is -0.264. The van der Waals surface area contributed by atoms with Crippen LogP contribution in [0.5, 0.6) is 0 Å². The maximum absolute atomic E-state index is 11.4. The maximum Gasteiger partial charge on any atom is 0.157 e. The van der Waals surface area contributed by atoms with Crippen LogP contribution in [-0.2, 0) is 11.8 Å². The third kappa shape index (κ3) is 1.36. The Labute approximate surface area is 80.9 Å². The fourth-order valence-electron chi connectivity index (χ4n) is 1.59. The Balaban J connectivity index is 2.39. The summed E-state index contributed by atoms with van der Waals surface area (Å²) < 4.78 is 1.64. The van der Waals surface area contributed by atoms with Gasteiger partial charge in [-0.1, -0.05) is 11.6 Å². The molecule has 1 aromatic heterocycles. The van der Waals surface area contributed by atoms with E-state index in [9.17, 15) is 4.79 Å². The Morgan fingerprint density at radius 3 is 3.00 bits per heavy atom. The first-order valence-electron chi connectivity index (χ1n) is 4.13. The van der Waals surface area contributed by atoms with Crippen LogP contribution in [0, 0.1) is 0 Å². The predicted molar refractivity (Wildman–Crippen MR) is 48.6 cm³/mol. The van der Waals surface area contributed by atoms with Crippen molar-refractivity contribution in [1.82, 2.24) is 15.1 Å². The summed E-state index contributed by atoms with van der Waals surface area (Å²) in [6.45, 7) is 0.727. The Morgan fingerprint density at radius 2 is 2.54 bits per heavy atom. The van der Waals surface area contributed by atoms with Crippen molar-refractivity contribution >= 4 is 17.4 Å². The molecule has 70 valence electrons. The highest BCUT2D eigenvalue weighted by Crippen LogP contribution is 2.25. The molecule has 1 aliphatic heterocycles. The number of nitrogens with one attached hydrogen (secondary N) is 1. The second-order valence-corrected chi connectivity index (χ2v) is 3.51. The Bertz CT molecular complexity index is 328. The molecule has 0 aliphatic carbocycles. The van der Waals surface area contributed by atoms with Crippen molar-refractivity contribution in [2.75, 3.05) is 6.54 Å². The molecule has 0 spiro atoms. The van der Waals surface area contributed by atoms with Gasteiger partial charge in [-0.2, -0.15) is 5.10 Å². The summed E-state index contributed by atoms with van der Waals surface area (Å²) in [5.74, 6) is 0.186. The van der Waals surface area contributed by atoms with Crippen LogP contribution in [0.3, 0.4) is 0 Å². The molecule has 5 heteroatoms. The van der Waals surface area contributed by atoms with Gasteiger partial charge >= 0.3 is 0 Å². The first kappa shape index (κ1) is 8.72. The van der Waals surface area contributed by atoms with Gasteiger partial charge in [0.05, 0.1) is 16.9 Å². The van der Waals surface area contributed by atoms with E-state index < -0.39 is 0 Å². The maximum atomic E-state index is 11.4. The Hall–Kier alpha value is -0.870. The summed E-state index contributed by atoms with van der Waals surface area (Å²) in [6, 6.07) is -0.264. The number of Topliss-reactive ketones (excluding diaryl/α,β-unsaturated/α-hetero) is 1. The molecule has 0 saturated carbocycles. The molecular formula is C8H10ClN3O. The molecule has 0 bridgehead atoms. The van der Waals surface area contributed by atoms with Crippen molar-refractivity contribution in [2.24, 2.45) is 7.05 Å². The molecule has 2 rings (SSSR count). The van der Waals surface area contributed by atoms with Crippen molar-refractivity contribution < 1.29 is 4.79 Å². The molecule has 0 amide bonds. The molecule has 4 nitrogen and oxygen atoms in total. The van der Waals surface area contributed by atoms with Gasteiger partial charge in [-0.25, -0.2) is 0 Å². The van der Waals surface area contributed by atoms with Crippen LogP contribution in [0.2, 0.25) is 5.02 Å². The van der Waals surface area contributed by atoms with Gasteiger partial charge in [0.1, 0.15) is 6.04 Å².